The lowest BCUT2D eigenvalue weighted by Crippen LogP contribution is -2.08. The van der Waals surface area contributed by atoms with E-state index in [9.17, 15) is 14.4 Å². The Labute approximate surface area is 542 Å². The first-order chi connectivity index (χ1) is 43.8. The van der Waals surface area contributed by atoms with Gasteiger partial charge >= 0.3 is 17.9 Å². The van der Waals surface area contributed by atoms with Crippen molar-refractivity contribution >= 4 is 30.3 Å². The number of benzene rings is 6. The SMILES string of the molecule is CCCCCCCCc1ccc(-c2ccc(C(=O)OCCc3ccccn3)cc2)cc1.CCCCCCCOc1ccc(-c2ccc(C(=O)OCCC#N)cc2)cc1.CCCCCCCOc1ccc(-c2ccc(C(=O)OCCc3ccccn3)cc2)cc1.Cl. The van der Waals surface area contributed by atoms with Gasteiger partial charge in [0.2, 0.25) is 0 Å². The molecule has 0 saturated heterocycles. The minimum Gasteiger partial charge on any atom is -0.494 e. The Morgan fingerprint density at radius 2 is 0.678 bits per heavy atom. The molecule has 474 valence electrons. The van der Waals surface area contributed by atoms with Crippen molar-refractivity contribution in [1.29, 1.82) is 5.26 Å². The van der Waals surface area contributed by atoms with Crippen LogP contribution in [-0.2, 0) is 33.5 Å². The van der Waals surface area contributed by atoms with Gasteiger partial charge in [-0.2, -0.15) is 5.26 Å². The first-order valence-corrected chi connectivity index (χ1v) is 32.3. The fraction of sp³-hybridized carbons (Fsp3) is 0.359. The Hall–Kier alpha value is -8.59. The van der Waals surface area contributed by atoms with Crippen LogP contribution in [0.5, 0.6) is 11.5 Å². The van der Waals surface area contributed by atoms with Crippen LogP contribution in [0.4, 0.5) is 0 Å². The molecule has 0 aliphatic rings. The smallest absolute Gasteiger partial charge is 0.338 e. The maximum atomic E-state index is 12.3. The van der Waals surface area contributed by atoms with Crippen LogP contribution in [0, 0.1) is 11.3 Å². The lowest BCUT2D eigenvalue weighted by Gasteiger charge is -2.08. The summed E-state index contributed by atoms with van der Waals surface area (Å²) in [6, 6.07) is 60.7. The van der Waals surface area contributed by atoms with E-state index >= 15 is 0 Å². The van der Waals surface area contributed by atoms with Crippen molar-refractivity contribution < 1.29 is 38.1 Å². The molecule has 0 unspecified atom stereocenters. The van der Waals surface area contributed by atoms with Crippen molar-refractivity contribution in [2.75, 3.05) is 33.0 Å². The van der Waals surface area contributed by atoms with Crippen LogP contribution in [0.25, 0.3) is 33.4 Å². The fourth-order valence-corrected chi connectivity index (χ4v) is 9.68. The molecule has 0 fully saturated rings. The number of pyridine rings is 2. The Morgan fingerprint density at radius 3 is 1.02 bits per heavy atom. The quantitative estimate of drug-likeness (QED) is 0.0212. The number of nitrogens with zero attached hydrogens (tertiary/aromatic N) is 3. The average Bonchev–Trinajstić information content (AvgIpc) is 3.29. The highest BCUT2D eigenvalue weighted by Gasteiger charge is 2.12. The standard InChI is InChI=1S/C28H33NO2.C27H31NO3.C23H27NO3.ClH/c1-2-3-4-5-6-7-10-23-12-14-24(15-13-23)25-16-18-26(19-17-25)28(30)31-22-20-27-11-8-9-21-29-27;1-2-3-4-5-8-20-30-26-16-14-23(15-17-26)22-10-12-24(13-11-22)27(29)31-21-18-25-9-6-7-19-28-25;1-2-3-4-5-6-17-26-22-14-12-20(13-15-22)19-8-10-21(11-9-19)23(25)27-18-7-16-24;/h8-9,11-19,21H,2-7,10,20,22H2,1H3;6-7,9-17,19H,2-5,8,18,20-21H2,1H3;8-15H,2-7,17-18H2,1H3;1H. The zero-order chi connectivity index (χ0) is 62.8. The van der Waals surface area contributed by atoms with E-state index in [1.54, 1.807) is 36.7 Å². The van der Waals surface area contributed by atoms with E-state index in [0.29, 0.717) is 42.7 Å². The summed E-state index contributed by atoms with van der Waals surface area (Å²) < 4.78 is 27.4. The third-order valence-electron chi connectivity index (χ3n) is 15.0. The van der Waals surface area contributed by atoms with E-state index in [-0.39, 0.29) is 37.4 Å². The van der Waals surface area contributed by atoms with Crippen LogP contribution in [0.2, 0.25) is 0 Å². The number of aryl methyl sites for hydroxylation is 1. The molecular weight excluding hydrogens is 1140 g/mol. The Balaban J connectivity index is 0.000000245. The van der Waals surface area contributed by atoms with Crippen molar-refractivity contribution in [3.05, 3.63) is 228 Å². The van der Waals surface area contributed by atoms with Crippen molar-refractivity contribution in [2.24, 2.45) is 0 Å². The molecule has 0 atom stereocenters. The second-order valence-electron chi connectivity index (χ2n) is 22.0. The van der Waals surface area contributed by atoms with E-state index in [2.05, 4.69) is 55.0 Å². The third-order valence-corrected chi connectivity index (χ3v) is 15.0. The van der Waals surface area contributed by atoms with Gasteiger partial charge in [0, 0.05) is 36.6 Å². The highest BCUT2D eigenvalue weighted by molar-refractivity contribution is 5.91. The molecule has 0 amide bonds. The van der Waals surface area contributed by atoms with Gasteiger partial charge in [0.1, 0.15) is 18.1 Å². The van der Waals surface area contributed by atoms with E-state index < -0.39 is 5.97 Å². The summed E-state index contributed by atoms with van der Waals surface area (Å²) in [6.45, 7) is 8.99. The molecular formula is C78H92ClN3O8. The molecule has 0 aliphatic carbocycles. The lowest BCUT2D eigenvalue weighted by atomic mass is 10.00. The molecule has 6 aromatic carbocycles. The predicted molar refractivity (Wildman–Crippen MR) is 365 cm³/mol. The third kappa shape index (κ3) is 27.8. The zero-order valence-corrected chi connectivity index (χ0v) is 54.0. The van der Waals surface area contributed by atoms with Gasteiger partial charge in [-0.3, -0.25) is 9.97 Å². The average molecular weight is 1240 g/mol. The van der Waals surface area contributed by atoms with Gasteiger partial charge in [0.25, 0.3) is 0 Å². The zero-order valence-electron chi connectivity index (χ0n) is 53.2. The second kappa shape index (κ2) is 44.0. The van der Waals surface area contributed by atoms with Crippen LogP contribution in [0.3, 0.4) is 0 Å². The van der Waals surface area contributed by atoms with Crippen LogP contribution < -0.4 is 9.47 Å². The number of rotatable bonds is 35. The molecule has 11 nitrogen and oxygen atoms in total. The van der Waals surface area contributed by atoms with E-state index in [1.807, 2.05) is 140 Å². The number of unbranched alkanes of at least 4 members (excludes halogenated alkanes) is 13. The number of aromatic nitrogens is 2. The van der Waals surface area contributed by atoms with Crippen LogP contribution >= 0.6 is 12.4 Å². The van der Waals surface area contributed by atoms with Gasteiger partial charge in [-0.15, -0.1) is 12.4 Å². The summed E-state index contributed by atoms with van der Waals surface area (Å²) in [5, 5.41) is 8.47. The summed E-state index contributed by atoms with van der Waals surface area (Å²) in [6.07, 6.45) is 26.3. The van der Waals surface area contributed by atoms with E-state index in [0.717, 1.165) is 83.2 Å². The summed E-state index contributed by atoms with van der Waals surface area (Å²) >= 11 is 0. The molecule has 0 saturated carbocycles. The molecule has 8 rings (SSSR count). The summed E-state index contributed by atoms with van der Waals surface area (Å²) in [4.78, 5) is 44.8. The Bertz CT molecular complexity index is 3090. The number of esters is 3. The Kier molecular flexibility index (Phi) is 35.2. The predicted octanol–water partition coefficient (Wildman–Crippen LogP) is 19.7. The number of carbonyl (C=O) groups excluding carboxylic acids is 3. The van der Waals surface area contributed by atoms with Gasteiger partial charge in [-0.05, 0) is 150 Å². The minimum absolute atomic E-state index is 0. The van der Waals surface area contributed by atoms with Gasteiger partial charge < -0.3 is 23.7 Å². The van der Waals surface area contributed by atoms with Gasteiger partial charge in [-0.1, -0.05) is 201 Å². The monoisotopic (exact) mass is 1230 g/mol. The van der Waals surface area contributed by atoms with Crippen LogP contribution in [0.15, 0.2) is 194 Å². The molecule has 90 heavy (non-hydrogen) atoms. The van der Waals surface area contributed by atoms with E-state index in [1.165, 1.54) is 101 Å². The maximum absolute atomic E-state index is 12.3. The summed E-state index contributed by atoms with van der Waals surface area (Å²) in [5.74, 6) is 0.765. The van der Waals surface area contributed by atoms with Gasteiger partial charge in [0.05, 0.1) is 55.6 Å². The number of carbonyl (C=O) groups is 3. The second-order valence-corrected chi connectivity index (χ2v) is 22.0. The molecule has 12 heteroatoms. The van der Waals surface area contributed by atoms with Crippen molar-refractivity contribution in [1.82, 2.24) is 9.97 Å². The molecule has 0 aliphatic heterocycles. The molecule has 0 N–H and O–H groups in total. The first kappa shape index (κ1) is 72.2. The molecule has 0 bridgehead atoms. The number of halogens is 1. The number of ether oxygens (including phenoxy) is 5. The highest BCUT2D eigenvalue weighted by Crippen LogP contribution is 2.26. The normalized spacial score (nSPS) is 10.4. The highest BCUT2D eigenvalue weighted by atomic mass is 35.5. The number of nitriles is 1. The topological polar surface area (TPSA) is 147 Å². The molecule has 0 spiro atoms. The van der Waals surface area contributed by atoms with Crippen LogP contribution in [-0.4, -0.2) is 60.9 Å². The van der Waals surface area contributed by atoms with Crippen molar-refractivity contribution in [3.63, 3.8) is 0 Å². The number of hydrogen-bond acceptors (Lipinski definition) is 11. The Morgan fingerprint density at radius 1 is 0.356 bits per heavy atom. The van der Waals surface area contributed by atoms with Gasteiger partial charge in [0.15, 0.2) is 0 Å². The first-order valence-electron chi connectivity index (χ1n) is 32.3. The van der Waals surface area contributed by atoms with E-state index in [4.69, 9.17) is 28.9 Å². The number of hydrogen-bond donors (Lipinski definition) is 0. The van der Waals surface area contributed by atoms with Crippen LogP contribution in [0.1, 0.15) is 178 Å². The molecule has 8 aromatic rings. The van der Waals surface area contributed by atoms with Crippen molar-refractivity contribution in [2.45, 2.75) is 149 Å². The lowest BCUT2D eigenvalue weighted by molar-refractivity contribution is 0.0499. The molecule has 0 radical (unpaired) electrons. The van der Waals surface area contributed by atoms with Crippen molar-refractivity contribution in [3.8, 4) is 50.9 Å². The largest absolute Gasteiger partial charge is 0.494 e. The summed E-state index contributed by atoms with van der Waals surface area (Å²) in [7, 11) is 0. The molecule has 2 heterocycles. The minimum atomic E-state index is -0.403. The maximum Gasteiger partial charge on any atom is 0.338 e. The fourth-order valence-electron chi connectivity index (χ4n) is 9.68. The summed E-state index contributed by atoms with van der Waals surface area (Å²) in [5.41, 5.74) is 11.3. The van der Waals surface area contributed by atoms with Gasteiger partial charge in [-0.25, -0.2) is 14.4 Å². The molecule has 2 aromatic heterocycles.